The van der Waals surface area contributed by atoms with E-state index in [9.17, 15) is 19.1 Å². The summed E-state index contributed by atoms with van der Waals surface area (Å²) in [6.45, 7) is 5.08. The normalized spacial score (nSPS) is 19.5. The molecule has 8 nitrogen and oxygen atoms in total. The first-order chi connectivity index (χ1) is 12.4. The summed E-state index contributed by atoms with van der Waals surface area (Å²) in [4.78, 5) is 28.1. The van der Waals surface area contributed by atoms with E-state index in [2.05, 4.69) is 4.90 Å². The monoisotopic (exact) mass is 379 g/mol. The van der Waals surface area contributed by atoms with E-state index in [-0.39, 0.29) is 29.1 Å². The van der Waals surface area contributed by atoms with Gasteiger partial charge in [-0.2, -0.15) is 0 Å². The molecule has 0 saturated carbocycles. The van der Waals surface area contributed by atoms with Crippen molar-refractivity contribution in [1.82, 2.24) is 9.47 Å². The maximum atomic E-state index is 15.0. The third-order valence-corrected chi connectivity index (χ3v) is 5.19. The standard InChI is InChI=1S/C18H20FN3O4.H2O/c1-10-9-26-17-14-11(16(23)12(18(24)25)8-22(10)14)7-13(19)15(17)21-5-3-20(2)4-6-21;/h7-8,10H,3-6,9H2,1-2H3,(H,24,25);1H2/t10-;/m1./s1. The number of carbonyl (C=O) groups is 1. The van der Waals surface area contributed by atoms with E-state index in [0.29, 0.717) is 30.0 Å². The van der Waals surface area contributed by atoms with Gasteiger partial charge in [-0.05, 0) is 20.0 Å². The molecule has 0 aliphatic carbocycles. The molecule has 146 valence electrons. The van der Waals surface area contributed by atoms with E-state index in [1.165, 1.54) is 6.20 Å². The van der Waals surface area contributed by atoms with E-state index < -0.39 is 17.2 Å². The Morgan fingerprint density at radius 3 is 2.59 bits per heavy atom. The molecule has 27 heavy (non-hydrogen) atoms. The highest BCUT2D eigenvalue weighted by Gasteiger charge is 2.30. The van der Waals surface area contributed by atoms with Crippen LogP contribution in [0.15, 0.2) is 17.1 Å². The summed E-state index contributed by atoms with van der Waals surface area (Å²) in [6, 6.07) is 0.994. The van der Waals surface area contributed by atoms with Gasteiger partial charge >= 0.3 is 5.97 Å². The number of hydrogen-bond donors (Lipinski definition) is 1. The summed E-state index contributed by atoms with van der Waals surface area (Å²) in [5, 5.41) is 9.36. The van der Waals surface area contributed by atoms with Crippen LogP contribution in [0.25, 0.3) is 10.9 Å². The summed E-state index contributed by atoms with van der Waals surface area (Å²) >= 11 is 0. The van der Waals surface area contributed by atoms with Gasteiger partial charge in [0.2, 0.25) is 5.43 Å². The van der Waals surface area contributed by atoms with Crippen molar-refractivity contribution >= 4 is 22.6 Å². The van der Waals surface area contributed by atoms with Gasteiger partial charge in [0.05, 0.1) is 16.9 Å². The Hall–Kier alpha value is -2.65. The lowest BCUT2D eigenvalue weighted by molar-refractivity contribution is 0.0694. The SMILES string of the molecule is C[C@@H]1COc2c(N3CCN(C)CC3)c(F)cc3c(=O)c(C(=O)O)cn1c23.O. The summed E-state index contributed by atoms with van der Waals surface area (Å²) in [5.74, 6) is -1.54. The van der Waals surface area contributed by atoms with Crippen LogP contribution in [0.3, 0.4) is 0 Å². The van der Waals surface area contributed by atoms with E-state index in [4.69, 9.17) is 4.74 Å². The third kappa shape index (κ3) is 2.92. The highest BCUT2D eigenvalue weighted by atomic mass is 19.1. The number of carboxylic acid groups (broad SMARTS) is 1. The number of halogens is 1. The molecule has 0 spiro atoms. The van der Waals surface area contributed by atoms with Gasteiger partial charge in [-0.25, -0.2) is 9.18 Å². The molecule has 0 amide bonds. The zero-order valence-corrected chi connectivity index (χ0v) is 15.2. The number of carboxylic acids is 1. The van der Waals surface area contributed by atoms with Crippen molar-refractivity contribution < 1.29 is 24.5 Å². The Balaban J connectivity index is 0.00000210. The lowest BCUT2D eigenvalue weighted by Crippen LogP contribution is -2.45. The Morgan fingerprint density at radius 2 is 1.96 bits per heavy atom. The molecule has 4 rings (SSSR count). The first-order valence-corrected chi connectivity index (χ1v) is 8.59. The van der Waals surface area contributed by atoms with Crippen molar-refractivity contribution in [2.24, 2.45) is 0 Å². The first-order valence-electron chi connectivity index (χ1n) is 8.59. The number of hydrogen-bond acceptors (Lipinski definition) is 5. The molecule has 1 aromatic carbocycles. The summed E-state index contributed by atoms with van der Waals surface area (Å²) < 4.78 is 22.6. The summed E-state index contributed by atoms with van der Waals surface area (Å²) in [6.07, 6.45) is 1.34. The fourth-order valence-electron chi connectivity index (χ4n) is 3.69. The minimum absolute atomic E-state index is 0. The fraction of sp³-hybridized carbons (Fsp3) is 0.444. The molecule has 1 saturated heterocycles. The molecule has 2 aliphatic heterocycles. The number of anilines is 1. The third-order valence-electron chi connectivity index (χ3n) is 5.19. The van der Waals surface area contributed by atoms with Crippen LogP contribution in [-0.4, -0.2) is 65.9 Å². The number of benzene rings is 1. The number of pyridine rings is 1. The van der Waals surface area contributed by atoms with E-state index in [1.807, 2.05) is 18.9 Å². The number of aromatic carboxylic acids is 1. The number of piperazine rings is 1. The maximum absolute atomic E-state index is 15.0. The van der Waals surface area contributed by atoms with Crippen molar-refractivity contribution in [1.29, 1.82) is 0 Å². The number of aromatic nitrogens is 1. The first kappa shape index (κ1) is 19.1. The van der Waals surface area contributed by atoms with Gasteiger partial charge in [-0.3, -0.25) is 4.79 Å². The largest absolute Gasteiger partial charge is 0.487 e. The van der Waals surface area contributed by atoms with Crippen LogP contribution in [0.5, 0.6) is 5.75 Å². The molecule has 2 aromatic rings. The molecule has 0 unspecified atom stereocenters. The quantitative estimate of drug-likeness (QED) is 0.824. The smallest absolute Gasteiger partial charge is 0.341 e. The van der Waals surface area contributed by atoms with Gasteiger partial charge in [-0.15, -0.1) is 0 Å². The van der Waals surface area contributed by atoms with Gasteiger partial charge in [0.1, 0.15) is 17.9 Å². The van der Waals surface area contributed by atoms with Crippen molar-refractivity contribution in [3.05, 3.63) is 33.9 Å². The van der Waals surface area contributed by atoms with Crippen molar-refractivity contribution in [2.45, 2.75) is 13.0 Å². The fourth-order valence-corrected chi connectivity index (χ4v) is 3.69. The van der Waals surface area contributed by atoms with Gasteiger partial charge in [0.25, 0.3) is 0 Å². The van der Waals surface area contributed by atoms with E-state index in [1.54, 1.807) is 4.57 Å². The molecule has 2 aliphatic rings. The van der Waals surface area contributed by atoms with Gasteiger partial charge in [0, 0.05) is 32.4 Å². The summed E-state index contributed by atoms with van der Waals surface area (Å²) in [5.41, 5.74) is -0.224. The average Bonchev–Trinajstić information content (AvgIpc) is 2.60. The van der Waals surface area contributed by atoms with Crippen LogP contribution >= 0.6 is 0 Å². The predicted molar refractivity (Wildman–Crippen MR) is 98.7 cm³/mol. The molecule has 3 heterocycles. The second-order valence-corrected chi connectivity index (χ2v) is 6.97. The Labute approximate surface area is 154 Å². The maximum Gasteiger partial charge on any atom is 0.341 e. The van der Waals surface area contributed by atoms with Crippen LogP contribution in [0.1, 0.15) is 23.3 Å². The van der Waals surface area contributed by atoms with Gasteiger partial charge in [-0.1, -0.05) is 0 Å². The number of likely N-dealkylation sites (N-methyl/N-ethyl adjacent to an activating group) is 1. The molecule has 0 bridgehead atoms. The Bertz CT molecular complexity index is 966. The molecule has 1 fully saturated rings. The predicted octanol–water partition coefficient (Wildman–Crippen LogP) is 0.719. The second-order valence-electron chi connectivity index (χ2n) is 6.97. The molecule has 3 N–H and O–H groups in total. The zero-order valence-electron chi connectivity index (χ0n) is 15.2. The lowest BCUT2D eigenvalue weighted by atomic mass is 10.1. The minimum atomic E-state index is -1.32. The highest BCUT2D eigenvalue weighted by molar-refractivity contribution is 5.97. The number of rotatable bonds is 2. The zero-order chi connectivity index (χ0) is 18.6. The van der Waals surface area contributed by atoms with Crippen LogP contribution in [-0.2, 0) is 0 Å². The van der Waals surface area contributed by atoms with Crippen molar-refractivity contribution in [3.63, 3.8) is 0 Å². The van der Waals surface area contributed by atoms with Crippen LogP contribution < -0.4 is 15.1 Å². The molecule has 1 atom stereocenters. The van der Waals surface area contributed by atoms with E-state index >= 15 is 0 Å². The van der Waals surface area contributed by atoms with Crippen molar-refractivity contribution in [2.75, 3.05) is 44.7 Å². The number of ether oxygens (including phenoxy) is 1. The minimum Gasteiger partial charge on any atom is -0.487 e. The lowest BCUT2D eigenvalue weighted by Gasteiger charge is -2.37. The average molecular weight is 379 g/mol. The van der Waals surface area contributed by atoms with Crippen LogP contribution in [0.4, 0.5) is 10.1 Å². The van der Waals surface area contributed by atoms with Gasteiger partial charge in [0.15, 0.2) is 11.6 Å². The highest BCUT2D eigenvalue weighted by Crippen LogP contribution is 2.42. The number of nitrogens with zero attached hydrogens (tertiary/aromatic N) is 3. The molecular formula is C18H22FN3O5. The Kier molecular flexibility index (Phi) is 4.83. The van der Waals surface area contributed by atoms with Crippen LogP contribution in [0.2, 0.25) is 0 Å². The van der Waals surface area contributed by atoms with Crippen LogP contribution in [0, 0.1) is 5.82 Å². The molecule has 1 aromatic heterocycles. The van der Waals surface area contributed by atoms with Gasteiger partial charge < -0.3 is 29.7 Å². The van der Waals surface area contributed by atoms with E-state index in [0.717, 1.165) is 19.2 Å². The van der Waals surface area contributed by atoms with Crippen molar-refractivity contribution in [3.8, 4) is 5.75 Å². The summed E-state index contributed by atoms with van der Waals surface area (Å²) in [7, 11) is 2.02. The topological polar surface area (TPSA) is 107 Å². The molecule has 0 radical (unpaired) electrons. The molecular weight excluding hydrogens is 357 g/mol. The Morgan fingerprint density at radius 1 is 1.30 bits per heavy atom. The molecule has 9 heteroatoms. The second kappa shape index (κ2) is 6.82.